The van der Waals surface area contributed by atoms with Crippen LogP contribution in [-0.4, -0.2) is 28.7 Å². The number of ether oxygens (including phenoxy) is 1. The molecule has 0 atom stereocenters. The van der Waals surface area contributed by atoms with Crippen LogP contribution in [0.1, 0.15) is 24.8 Å². The van der Waals surface area contributed by atoms with E-state index < -0.39 is 10.2 Å². The maximum Gasteiger partial charge on any atom is 0.277 e. The van der Waals surface area contributed by atoms with Crippen LogP contribution >= 0.6 is 0 Å². The van der Waals surface area contributed by atoms with Gasteiger partial charge in [0.1, 0.15) is 5.82 Å². The molecule has 0 heterocycles. The minimum Gasteiger partial charge on any atom is -0.385 e. The Morgan fingerprint density at radius 3 is 2.48 bits per heavy atom. The standard InChI is InChI=1S/C14H21FN2O3S/c1-20-9-8-14(6-7-14)11-17-21(18,19)16-10-12-2-4-13(15)5-3-12/h2-5,16-17H,6-11H2,1H3. The van der Waals surface area contributed by atoms with Gasteiger partial charge in [-0.05, 0) is 42.4 Å². The van der Waals surface area contributed by atoms with Gasteiger partial charge in [0.2, 0.25) is 0 Å². The predicted molar refractivity (Wildman–Crippen MR) is 78.3 cm³/mol. The Kier molecular flexibility index (Phi) is 5.32. The van der Waals surface area contributed by atoms with Gasteiger partial charge in [0, 0.05) is 26.8 Å². The molecule has 0 amide bonds. The van der Waals surface area contributed by atoms with Crippen LogP contribution in [-0.2, 0) is 21.5 Å². The SMILES string of the molecule is COCCC1(CNS(=O)(=O)NCc2ccc(F)cc2)CC1. The highest BCUT2D eigenvalue weighted by Crippen LogP contribution is 2.48. The number of hydrogen-bond acceptors (Lipinski definition) is 3. The second-order valence-electron chi connectivity index (χ2n) is 5.51. The molecular formula is C14H21FN2O3S. The van der Waals surface area contributed by atoms with E-state index in [0.29, 0.717) is 18.7 Å². The summed E-state index contributed by atoms with van der Waals surface area (Å²) in [6, 6.07) is 5.72. The highest BCUT2D eigenvalue weighted by atomic mass is 32.2. The van der Waals surface area contributed by atoms with E-state index in [4.69, 9.17) is 4.74 Å². The van der Waals surface area contributed by atoms with Gasteiger partial charge in [0.05, 0.1) is 0 Å². The van der Waals surface area contributed by atoms with Crippen LogP contribution in [0.3, 0.4) is 0 Å². The first-order valence-electron chi connectivity index (χ1n) is 6.92. The van der Waals surface area contributed by atoms with Gasteiger partial charge in [0.15, 0.2) is 0 Å². The van der Waals surface area contributed by atoms with Crippen LogP contribution in [0.15, 0.2) is 24.3 Å². The summed E-state index contributed by atoms with van der Waals surface area (Å²) in [5, 5.41) is 0. The van der Waals surface area contributed by atoms with E-state index in [-0.39, 0.29) is 17.8 Å². The molecule has 0 unspecified atom stereocenters. The lowest BCUT2D eigenvalue weighted by Crippen LogP contribution is -2.39. The molecule has 1 aromatic rings. The third-order valence-corrected chi connectivity index (χ3v) is 4.86. The lowest BCUT2D eigenvalue weighted by atomic mass is 10.0. The Balaban J connectivity index is 1.78. The molecular weight excluding hydrogens is 295 g/mol. The topological polar surface area (TPSA) is 67.4 Å². The average molecular weight is 316 g/mol. The molecule has 2 rings (SSSR count). The molecule has 2 N–H and O–H groups in total. The van der Waals surface area contributed by atoms with Gasteiger partial charge in [-0.25, -0.2) is 9.11 Å². The second kappa shape index (κ2) is 6.83. The van der Waals surface area contributed by atoms with E-state index in [1.165, 1.54) is 12.1 Å². The zero-order valence-corrected chi connectivity index (χ0v) is 12.9. The Labute approximate surface area is 125 Å². The lowest BCUT2D eigenvalue weighted by molar-refractivity contribution is 0.173. The van der Waals surface area contributed by atoms with Crippen molar-refractivity contribution in [3.8, 4) is 0 Å². The fourth-order valence-corrected chi connectivity index (χ4v) is 3.05. The van der Waals surface area contributed by atoms with Crippen molar-refractivity contribution in [1.82, 2.24) is 9.44 Å². The molecule has 5 nitrogen and oxygen atoms in total. The molecule has 1 aliphatic carbocycles. The Morgan fingerprint density at radius 2 is 1.90 bits per heavy atom. The van der Waals surface area contributed by atoms with Crippen molar-refractivity contribution in [2.45, 2.75) is 25.8 Å². The number of benzene rings is 1. The lowest BCUT2D eigenvalue weighted by Gasteiger charge is -2.16. The molecule has 1 aromatic carbocycles. The number of nitrogens with one attached hydrogen (secondary N) is 2. The quantitative estimate of drug-likeness (QED) is 0.726. The van der Waals surface area contributed by atoms with Crippen LogP contribution in [0.5, 0.6) is 0 Å². The van der Waals surface area contributed by atoms with Gasteiger partial charge in [-0.2, -0.15) is 13.1 Å². The molecule has 1 fully saturated rings. The summed E-state index contributed by atoms with van der Waals surface area (Å²) in [4.78, 5) is 0. The molecule has 1 saturated carbocycles. The summed E-state index contributed by atoms with van der Waals surface area (Å²) >= 11 is 0. The van der Waals surface area contributed by atoms with Crippen molar-refractivity contribution in [2.75, 3.05) is 20.3 Å². The molecule has 0 aromatic heterocycles. The molecule has 21 heavy (non-hydrogen) atoms. The average Bonchev–Trinajstić information content (AvgIpc) is 3.23. The van der Waals surface area contributed by atoms with Crippen molar-refractivity contribution >= 4 is 10.2 Å². The first-order valence-corrected chi connectivity index (χ1v) is 8.41. The summed E-state index contributed by atoms with van der Waals surface area (Å²) < 4.78 is 46.6. The van der Waals surface area contributed by atoms with Crippen molar-refractivity contribution in [2.24, 2.45) is 5.41 Å². The minimum absolute atomic E-state index is 0.0562. The summed E-state index contributed by atoms with van der Waals surface area (Å²) in [6.45, 7) is 1.21. The molecule has 0 bridgehead atoms. The van der Waals surface area contributed by atoms with Gasteiger partial charge in [-0.3, -0.25) is 0 Å². The highest BCUT2D eigenvalue weighted by molar-refractivity contribution is 7.87. The molecule has 118 valence electrons. The number of methoxy groups -OCH3 is 1. The Hall–Kier alpha value is -1.02. The minimum atomic E-state index is -3.54. The van der Waals surface area contributed by atoms with E-state index >= 15 is 0 Å². The summed E-state index contributed by atoms with van der Waals surface area (Å²) in [5.74, 6) is -0.339. The van der Waals surface area contributed by atoms with Gasteiger partial charge >= 0.3 is 0 Å². The molecule has 0 saturated heterocycles. The van der Waals surface area contributed by atoms with Gasteiger partial charge in [-0.15, -0.1) is 0 Å². The van der Waals surface area contributed by atoms with Gasteiger partial charge in [-0.1, -0.05) is 12.1 Å². The fraction of sp³-hybridized carbons (Fsp3) is 0.571. The number of halogens is 1. The van der Waals surface area contributed by atoms with Crippen molar-refractivity contribution in [3.63, 3.8) is 0 Å². The molecule has 0 spiro atoms. The Morgan fingerprint density at radius 1 is 1.24 bits per heavy atom. The largest absolute Gasteiger partial charge is 0.385 e. The second-order valence-corrected chi connectivity index (χ2v) is 7.10. The zero-order valence-electron chi connectivity index (χ0n) is 12.1. The zero-order chi connectivity index (χ0) is 15.3. The predicted octanol–water partition coefficient (Wildman–Crippen LogP) is 1.57. The first-order chi connectivity index (χ1) is 9.95. The molecule has 0 aliphatic heterocycles. The van der Waals surface area contributed by atoms with Gasteiger partial charge < -0.3 is 4.74 Å². The van der Waals surface area contributed by atoms with Crippen molar-refractivity contribution in [3.05, 3.63) is 35.6 Å². The fourth-order valence-electron chi connectivity index (χ4n) is 2.09. The van der Waals surface area contributed by atoms with Crippen LogP contribution in [0.2, 0.25) is 0 Å². The molecule has 1 aliphatic rings. The van der Waals surface area contributed by atoms with E-state index in [0.717, 1.165) is 19.3 Å². The van der Waals surface area contributed by atoms with E-state index in [2.05, 4.69) is 9.44 Å². The summed E-state index contributed by atoms with van der Waals surface area (Å²) in [7, 11) is -1.90. The third-order valence-electron chi connectivity index (χ3n) is 3.81. The van der Waals surface area contributed by atoms with Crippen LogP contribution in [0, 0.1) is 11.2 Å². The maximum absolute atomic E-state index is 12.8. The third kappa shape index (κ3) is 5.35. The summed E-state index contributed by atoms with van der Waals surface area (Å²) in [5.41, 5.74) is 0.767. The van der Waals surface area contributed by atoms with E-state index in [1.807, 2.05) is 0 Å². The first kappa shape index (κ1) is 16.4. The smallest absolute Gasteiger partial charge is 0.277 e. The number of rotatable bonds is 9. The maximum atomic E-state index is 12.8. The van der Waals surface area contributed by atoms with Crippen LogP contribution < -0.4 is 9.44 Å². The molecule has 0 radical (unpaired) electrons. The van der Waals surface area contributed by atoms with E-state index in [1.54, 1.807) is 19.2 Å². The van der Waals surface area contributed by atoms with Crippen molar-refractivity contribution < 1.29 is 17.5 Å². The van der Waals surface area contributed by atoms with Crippen molar-refractivity contribution in [1.29, 1.82) is 0 Å². The van der Waals surface area contributed by atoms with Crippen LogP contribution in [0.25, 0.3) is 0 Å². The summed E-state index contributed by atoms with van der Waals surface area (Å²) in [6.07, 6.45) is 2.91. The van der Waals surface area contributed by atoms with Crippen LogP contribution in [0.4, 0.5) is 4.39 Å². The molecule has 7 heteroatoms. The Bertz CT molecular complexity index is 556. The highest BCUT2D eigenvalue weighted by Gasteiger charge is 2.42. The van der Waals surface area contributed by atoms with E-state index in [9.17, 15) is 12.8 Å². The van der Waals surface area contributed by atoms with Gasteiger partial charge in [0.25, 0.3) is 10.2 Å². The monoisotopic (exact) mass is 316 g/mol. The normalized spacial score (nSPS) is 16.9. The number of hydrogen-bond donors (Lipinski definition) is 2.